The number of thioether (sulfide) groups is 1. The van der Waals surface area contributed by atoms with E-state index < -0.39 is 5.97 Å². The highest BCUT2D eigenvalue weighted by molar-refractivity contribution is 7.99. The molecule has 1 saturated heterocycles. The molecule has 2 aromatic rings. The Morgan fingerprint density at radius 1 is 1.17 bits per heavy atom. The summed E-state index contributed by atoms with van der Waals surface area (Å²) in [5.41, 5.74) is 0.623. The normalized spacial score (nSPS) is 14.7. The van der Waals surface area contributed by atoms with Gasteiger partial charge in [0.2, 0.25) is 5.91 Å². The molecule has 0 atom stereocenters. The highest BCUT2D eigenvalue weighted by Crippen LogP contribution is 2.21. The van der Waals surface area contributed by atoms with Gasteiger partial charge in [-0.2, -0.15) is 0 Å². The number of methoxy groups -OCH3 is 1. The van der Waals surface area contributed by atoms with Crippen molar-refractivity contribution < 1.29 is 14.3 Å². The summed E-state index contributed by atoms with van der Waals surface area (Å²) in [4.78, 5) is 44.3. The predicted molar refractivity (Wildman–Crippen MR) is 118 cm³/mol. The van der Waals surface area contributed by atoms with Crippen molar-refractivity contribution in [2.24, 2.45) is 5.92 Å². The largest absolute Gasteiger partial charge is 0.465 e. The summed E-state index contributed by atoms with van der Waals surface area (Å²) in [6, 6.07) is 4.76. The summed E-state index contributed by atoms with van der Waals surface area (Å²) in [5, 5.41) is 0.956. The number of esters is 1. The number of ether oxygens (including phenoxy) is 1. The quantitative estimate of drug-likeness (QED) is 0.396. The first-order valence-corrected chi connectivity index (χ1v) is 11.4. The Balaban J connectivity index is 1.92. The lowest BCUT2D eigenvalue weighted by molar-refractivity contribution is -0.128. The number of carbonyl (C=O) groups is 2. The highest BCUT2D eigenvalue weighted by atomic mass is 32.2. The van der Waals surface area contributed by atoms with Crippen molar-refractivity contribution in [2.75, 3.05) is 26.0 Å². The van der Waals surface area contributed by atoms with Gasteiger partial charge >= 0.3 is 5.97 Å². The summed E-state index contributed by atoms with van der Waals surface area (Å²) < 4.78 is 6.42. The minimum Gasteiger partial charge on any atom is -0.465 e. The molecule has 0 N–H and O–H groups in total. The number of hydrogen-bond acceptors (Lipinski definition) is 6. The molecule has 0 unspecified atom stereocenters. The zero-order valence-corrected chi connectivity index (χ0v) is 18.7. The van der Waals surface area contributed by atoms with Gasteiger partial charge in [-0.05, 0) is 37.0 Å². The van der Waals surface area contributed by atoms with E-state index in [1.165, 1.54) is 31.7 Å². The Labute approximate surface area is 180 Å². The number of benzene rings is 1. The van der Waals surface area contributed by atoms with Gasteiger partial charge < -0.3 is 9.64 Å². The number of fused-ring (bicyclic) bond motifs is 1. The van der Waals surface area contributed by atoms with Crippen LogP contribution in [0, 0.1) is 5.92 Å². The van der Waals surface area contributed by atoms with Crippen LogP contribution in [0.2, 0.25) is 0 Å². The van der Waals surface area contributed by atoms with Crippen molar-refractivity contribution >= 4 is 34.5 Å². The zero-order valence-electron chi connectivity index (χ0n) is 17.8. The van der Waals surface area contributed by atoms with Crippen LogP contribution in [0.4, 0.5) is 0 Å². The van der Waals surface area contributed by atoms with Crippen LogP contribution in [0.3, 0.4) is 0 Å². The van der Waals surface area contributed by atoms with Gasteiger partial charge in [0, 0.05) is 19.6 Å². The Kier molecular flexibility index (Phi) is 7.53. The fraction of sp³-hybridized carbons (Fsp3) is 0.545. The minimum atomic E-state index is -0.476. The van der Waals surface area contributed by atoms with Gasteiger partial charge in [-0.15, -0.1) is 0 Å². The van der Waals surface area contributed by atoms with Crippen molar-refractivity contribution in [1.29, 1.82) is 0 Å². The number of amides is 1. The van der Waals surface area contributed by atoms with Gasteiger partial charge in [0.05, 0.1) is 29.3 Å². The number of nitrogens with zero attached hydrogens (tertiary/aromatic N) is 3. The first-order valence-electron chi connectivity index (χ1n) is 10.4. The minimum absolute atomic E-state index is 0.0793. The van der Waals surface area contributed by atoms with Gasteiger partial charge in [-0.25, -0.2) is 9.78 Å². The van der Waals surface area contributed by atoms with E-state index >= 15 is 0 Å². The summed E-state index contributed by atoms with van der Waals surface area (Å²) >= 11 is 1.29. The van der Waals surface area contributed by atoms with Gasteiger partial charge in [0.25, 0.3) is 5.56 Å². The van der Waals surface area contributed by atoms with Crippen LogP contribution in [-0.4, -0.2) is 52.3 Å². The molecule has 1 aliphatic rings. The maximum Gasteiger partial charge on any atom is 0.337 e. The van der Waals surface area contributed by atoms with Crippen molar-refractivity contribution in [3.8, 4) is 0 Å². The number of carbonyl (C=O) groups excluding carboxylic acids is 2. The van der Waals surface area contributed by atoms with Crippen LogP contribution >= 0.6 is 11.8 Å². The third kappa shape index (κ3) is 5.22. The first kappa shape index (κ1) is 22.3. The van der Waals surface area contributed by atoms with Crippen molar-refractivity contribution in [2.45, 2.75) is 51.2 Å². The van der Waals surface area contributed by atoms with Crippen molar-refractivity contribution in [3.05, 3.63) is 34.1 Å². The van der Waals surface area contributed by atoms with Gasteiger partial charge in [-0.3, -0.25) is 14.2 Å². The monoisotopic (exact) mass is 431 g/mol. The molecule has 2 heterocycles. The average molecular weight is 432 g/mol. The summed E-state index contributed by atoms with van der Waals surface area (Å²) in [6.45, 7) is 6.18. The molecule has 8 heteroatoms. The zero-order chi connectivity index (χ0) is 21.7. The Bertz CT molecular complexity index is 978. The molecule has 1 amide bonds. The van der Waals surface area contributed by atoms with Gasteiger partial charge in [0.15, 0.2) is 5.16 Å². The molecule has 30 heavy (non-hydrogen) atoms. The van der Waals surface area contributed by atoms with Crippen molar-refractivity contribution in [1.82, 2.24) is 14.5 Å². The third-order valence-electron chi connectivity index (χ3n) is 5.17. The number of aromatic nitrogens is 2. The lowest BCUT2D eigenvalue weighted by Crippen LogP contribution is -2.33. The van der Waals surface area contributed by atoms with E-state index in [0.717, 1.165) is 25.9 Å². The molecule has 1 fully saturated rings. The van der Waals surface area contributed by atoms with E-state index in [4.69, 9.17) is 4.74 Å². The fourth-order valence-electron chi connectivity index (χ4n) is 3.62. The highest BCUT2D eigenvalue weighted by Gasteiger charge is 2.19. The van der Waals surface area contributed by atoms with Crippen molar-refractivity contribution in [3.63, 3.8) is 0 Å². The lowest BCUT2D eigenvalue weighted by Gasteiger charge is -2.20. The molecule has 162 valence electrons. The summed E-state index contributed by atoms with van der Waals surface area (Å²) in [6.07, 6.45) is 4.41. The van der Waals surface area contributed by atoms with E-state index in [0.29, 0.717) is 28.2 Å². The number of likely N-dealkylation sites (tertiary alicyclic amines) is 1. The Hall–Kier alpha value is -2.35. The molecule has 1 aromatic carbocycles. The topological polar surface area (TPSA) is 81.5 Å². The molecule has 7 nitrogen and oxygen atoms in total. The molecule has 0 aliphatic carbocycles. The predicted octanol–water partition coefficient (Wildman–Crippen LogP) is 3.33. The molecule has 1 aliphatic heterocycles. The van der Waals surface area contributed by atoms with Crippen LogP contribution in [0.5, 0.6) is 0 Å². The van der Waals surface area contributed by atoms with E-state index in [2.05, 4.69) is 4.98 Å². The van der Waals surface area contributed by atoms with E-state index in [-0.39, 0.29) is 23.1 Å². The maximum atomic E-state index is 13.1. The van der Waals surface area contributed by atoms with E-state index in [1.807, 2.05) is 18.7 Å². The molecule has 3 rings (SSSR count). The standard InChI is InChI=1S/C22H29N3O4S/c1-15(2)13-25-20(27)17-9-8-16(21(28)29-3)12-18(17)23-22(25)30-14-19(26)24-10-6-4-5-7-11-24/h8-9,12,15H,4-7,10-11,13-14H2,1-3H3. The number of rotatable bonds is 6. The Morgan fingerprint density at radius 3 is 2.50 bits per heavy atom. The molecular weight excluding hydrogens is 402 g/mol. The molecule has 0 radical (unpaired) electrons. The van der Waals surface area contributed by atoms with E-state index in [9.17, 15) is 14.4 Å². The smallest absolute Gasteiger partial charge is 0.337 e. The van der Waals surface area contributed by atoms with Crippen LogP contribution in [0.15, 0.2) is 28.2 Å². The third-order valence-corrected chi connectivity index (χ3v) is 6.13. The molecule has 0 bridgehead atoms. The average Bonchev–Trinajstić information content (AvgIpc) is 3.02. The molecular formula is C22H29N3O4S. The second-order valence-corrected chi connectivity index (χ2v) is 8.95. The first-order chi connectivity index (χ1) is 14.4. The SMILES string of the molecule is COC(=O)c1ccc2c(=O)n(CC(C)C)c(SCC(=O)N3CCCCCC3)nc2c1. The van der Waals surface area contributed by atoms with Gasteiger partial charge in [-0.1, -0.05) is 38.5 Å². The summed E-state index contributed by atoms with van der Waals surface area (Å²) in [7, 11) is 1.32. The number of hydrogen-bond donors (Lipinski definition) is 0. The second-order valence-electron chi connectivity index (χ2n) is 8.01. The van der Waals surface area contributed by atoms with Crippen LogP contribution in [0.1, 0.15) is 49.9 Å². The molecule has 0 spiro atoms. The Morgan fingerprint density at radius 2 is 1.87 bits per heavy atom. The lowest BCUT2D eigenvalue weighted by atomic mass is 10.1. The maximum absolute atomic E-state index is 13.1. The van der Waals surface area contributed by atoms with Gasteiger partial charge in [0.1, 0.15) is 0 Å². The van der Waals surface area contributed by atoms with Crippen LogP contribution in [-0.2, 0) is 16.1 Å². The molecule has 1 aromatic heterocycles. The van der Waals surface area contributed by atoms with Crippen LogP contribution < -0.4 is 5.56 Å². The summed E-state index contributed by atoms with van der Waals surface area (Å²) in [5.74, 6) is 0.0930. The van der Waals surface area contributed by atoms with E-state index in [1.54, 1.807) is 22.8 Å². The van der Waals surface area contributed by atoms with Crippen LogP contribution in [0.25, 0.3) is 10.9 Å². The fourth-order valence-corrected chi connectivity index (χ4v) is 4.53. The second kappa shape index (κ2) is 10.1. The molecule has 0 saturated carbocycles.